The zero-order chi connectivity index (χ0) is 17.4. The van der Waals surface area contributed by atoms with E-state index in [-0.39, 0.29) is 5.91 Å². The quantitative estimate of drug-likeness (QED) is 0.630. The van der Waals surface area contributed by atoms with Gasteiger partial charge in [0.05, 0.1) is 21.2 Å². The number of rotatable bonds is 2. The first-order chi connectivity index (χ1) is 12.1. The summed E-state index contributed by atoms with van der Waals surface area (Å²) in [5, 5.41) is 5.02. The third kappa shape index (κ3) is 3.10. The number of aromatic nitrogens is 1. The Labute approximate surface area is 156 Å². The first-order valence-corrected chi connectivity index (χ1v) is 9.06. The molecule has 0 fully saturated rings. The number of anilines is 1. The highest BCUT2D eigenvalue weighted by molar-refractivity contribution is 6.36. The second kappa shape index (κ2) is 6.66. The van der Waals surface area contributed by atoms with E-state index in [0.29, 0.717) is 16.3 Å². The number of carbonyl (C=O) groups excluding carboxylic acids is 1. The Hall–Kier alpha value is -2.10. The SMILES string of the molecule is O=C(Nc1ccccc1Cl)c1ccc2c(Cl)c3c(nc2c1)CCCC3. The molecule has 0 spiro atoms. The zero-order valence-corrected chi connectivity index (χ0v) is 15.0. The molecule has 1 aromatic heterocycles. The molecular weight excluding hydrogens is 355 g/mol. The van der Waals surface area contributed by atoms with E-state index in [2.05, 4.69) is 5.32 Å². The van der Waals surface area contributed by atoms with Crippen LogP contribution in [0.3, 0.4) is 0 Å². The van der Waals surface area contributed by atoms with Gasteiger partial charge < -0.3 is 5.32 Å². The second-order valence-corrected chi connectivity index (χ2v) is 7.01. The van der Waals surface area contributed by atoms with Gasteiger partial charge in [0.1, 0.15) is 0 Å². The third-order valence-corrected chi connectivity index (χ3v) is 5.34. The van der Waals surface area contributed by atoms with Crippen LogP contribution < -0.4 is 5.32 Å². The summed E-state index contributed by atoms with van der Waals surface area (Å²) < 4.78 is 0. The highest BCUT2D eigenvalue weighted by Crippen LogP contribution is 2.33. The molecule has 0 aliphatic heterocycles. The molecule has 0 radical (unpaired) electrons. The summed E-state index contributed by atoms with van der Waals surface area (Å²) >= 11 is 12.7. The van der Waals surface area contributed by atoms with E-state index in [1.54, 1.807) is 24.3 Å². The van der Waals surface area contributed by atoms with Gasteiger partial charge in [0.15, 0.2) is 0 Å². The molecule has 2 aromatic carbocycles. The number of para-hydroxylation sites is 1. The Kier molecular flexibility index (Phi) is 4.36. The van der Waals surface area contributed by atoms with E-state index in [1.807, 2.05) is 18.2 Å². The van der Waals surface area contributed by atoms with Gasteiger partial charge in [-0.15, -0.1) is 0 Å². The van der Waals surface area contributed by atoms with Crippen molar-refractivity contribution in [1.29, 1.82) is 0 Å². The minimum Gasteiger partial charge on any atom is -0.321 e. The largest absolute Gasteiger partial charge is 0.321 e. The number of amides is 1. The molecule has 1 aliphatic carbocycles. The van der Waals surface area contributed by atoms with E-state index >= 15 is 0 Å². The Morgan fingerprint density at radius 2 is 1.84 bits per heavy atom. The number of nitrogens with zero attached hydrogens (tertiary/aromatic N) is 1. The fourth-order valence-electron chi connectivity index (χ4n) is 3.27. The van der Waals surface area contributed by atoms with Gasteiger partial charge in [0, 0.05) is 16.6 Å². The second-order valence-electron chi connectivity index (χ2n) is 6.22. The van der Waals surface area contributed by atoms with Gasteiger partial charge in [-0.25, -0.2) is 0 Å². The number of hydrogen-bond donors (Lipinski definition) is 1. The van der Waals surface area contributed by atoms with Crippen molar-refractivity contribution < 1.29 is 4.79 Å². The van der Waals surface area contributed by atoms with E-state index in [0.717, 1.165) is 52.9 Å². The molecule has 0 saturated heterocycles. The molecule has 1 N–H and O–H groups in total. The monoisotopic (exact) mass is 370 g/mol. The fraction of sp³-hybridized carbons (Fsp3) is 0.200. The van der Waals surface area contributed by atoms with Crippen molar-refractivity contribution in [2.45, 2.75) is 25.7 Å². The van der Waals surface area contributed by atoms with Crippen LogP contribution in [0.25, 0.3) is 10.9 Å². The van der Waals surface area contributed by atoms with Gasteiger partial charge in [0.2, 0.25) is 0 Å². The van der Waals surface area contributed by atoms with Gasteiger partial charge in [-0.05, 0) is 55.5 Å². The summed E-state index contributed by atoms with van der Waals surface area (Å²) in [6.45, 7) is 0. The molecule has 0 bridgehead atoms. The molecule has 0 saturated carbocycles. The molecule has 3 aromatic rings. The summed E-state index contributed by atoms with van der Waals surface area (Å²) in [5.74, 6) is -0.217. The van der Waals surface area contributed by atoms with Crippen molar-refractivity contribution in [1.82, 2.24) is 4.98 Å². The van der Waals surface area contributed by atoms with Crippen molar-refractivity contribution in [3.05, 3.63) is 69.3 Å². The standard InChI is InChI=1S/C20H16Cl2N2O/c21-15-6-2-4-8-17(15)24-20(25)12-9-10-14-18(11-12)23-16-7-3-1-5-13(16)19(14)22/h2,4,6,8-11H,1,3,5,7H2,(H,24,25). The molecule has 1 heterocycles. The van der Waals surface area contributed by atoms with Crippen LogP contribution in [0.2, 0.25) is 10.0 Å². The van der Waals surface area contributed by atoms with E-state index in [1.165, 1.54) is 0 Å². The average Bonchev–Trinajstić information content (AvgIpc) is 2.63. The topological polar surface area (TPSA) is 42.0 Å². The first-order valence-electron chi connectivity index (χ1n) is 8.30. The van der Waals surface area contributed by atoms with E-state index in [4.69, 9.17) is 28.2 Å². The third-order valence-electron chi connectivity index (χ3n) is 4.58. The van der Waals surface area contributed by atoms with Gasteiger partial charge >= 0.3 is 0 Å². The smallest absolute Gasteiger partial charge is 0.255 e. The minimum absolute atomic E-state index is 0.217. The highest BCUT2D eigenvalue weighted by Gasteiger charge is 2.18. The normalized spacial score (nSPS) is 13.5. The Morgan fingerprint density at radius 1 is 1.04 bits per heavy atom. The van der Waals surface area contributed by atoms with E-state index in [9.17, 15) is 4.79 Å². The van der Waals surface area contributed by atoms with Crippen LogP contribution in [-0.2, 0) is 12.8 Å². The number of aryl methyl sites for hydroxylation is 1. The molecule has 126 valence electrons. The Bertz CT molecular complexity index is 985. The maximum absolute atomic E-state index is 12.6. The molecule has 5 heteroatoms. The molecule has 3 nitrogen and oxygen atoms in total. The van der Waals surface area contributed by atoms with Crippen LogP contribution in [0.1, 0.15) is 34.5 Å². The predicted molar refractivity (Wildman–Crippen MR) is 103 cm³/mol. The van der Waals surface area contributed by atoms with Crippen LogP contribution in [0.5, 0.6) is 0 Å². The van der Waals surface area contributed by atoms with Gasteiger partial charge in [-0.1, -0.05) is 41.4 Å². The lowest BCUT2D eigenvalue weighted by atomic mass is 9.94. The highest BCUT2D eigenvalue weighted by atomic mass is 35.5. The van der Waals surface area contributed by atoms with Crippen LogP contribution in [-0.4, -0.2) is 10.9 Å². The van der Waals surface area contributed by atoms with Crippen LogP contribution in [0.4, 0.5) is 5.69 Å². The van der Waals surface area contributed by atoms with Crippen molar-refractivity contribution >= 4 is 45.7 Å². The summed E-state index contributed by atoms with van der Waals surface area (Å²) in [4.78, 5) is 17.3. The Morgan fingerprint density at radius 3 is 2.68 bits per heavy atom. The summed E-state index contributed by atoms with van der Waals surface area (Å²) in [6.07, 6.45) is 4.21. The first kappa shape index (κ1) is 16.4. The molecule has 0 atom stereocenters. The van der Waals surface area contributed by atoms with Gasteiger partial charge in [-0.3, -0.25) is 9.78 Å². The summed E-state index contributed by atoms with van der Waals surface area (Å²) in [6, 6.07) is 12.6. The molecule has 25 heavy (non-hydrogen) atoms. The number of pyridine rings is 1. The number of nitrogens with one attached hydrogen (secondary N) is 1. The number of benzene rings is 2. The minimum atomic E-state index is -0.217. The molecule has 1 aliphatic rings. The van der Waals surface area contributed by atoms with Crippen molar-refractivity contribution in [3.63, 3.8) is 0 Å². The van der Waals surface area contributed by atoms with Crippen LogP contribution >= 0.6 is 23.2 Å². The van der Waals surface area contributed by atoms with Crippen LogP contribution in [0.15, 0.2) is 42.5 Å². The maximum Gasteiger partial charge on any atom is 0.255 e. The van der Waals surface area contributed by atoms with Gasteiger partial charge in [0.25, 0.3) is 5.91 Å². The predicted octanol–water partition coefficient (Wildman–Crippen LogP) is 5.67. The number of hydrogen-bond acceptors (Lipinski definition) is 2. The lowest BCUT2D eigenvalue weighted by Crippen LogP contribution is -2.12. The lowest BCUT2D eigenvalue weighted by Gasteiger charge is -2.18. The number of carbonyl (C=O) groups is 1. The maximum atomic E-state index is 12.6. The van der Waals surface area contributed by atoms with Crippen molar-refractivity contribution in [2.75, 3.05) is 5.32 Å². The molecule has 4 rings (SSSR count). The summed E-state index contributed by atoms with van der Waals surface area (Å²) in [5.41, 5.74) is 4.11. The number of fused-ring (bicyclic) bond motifs is 2. The molecule has 0 unspecified atom stereocenters. The molecular formula is C20H16Cl2N2O. The molecule has 1 amide bonds. The Balaban J connectivity index is 1.71. The zero-order valence-electron chi connectivity index (χ0n) is 13.5. The van der Waals surface area contributed by atoms with Gasteiger partial charge in [-0.2, -0.15) is 0 Å². The average molecular weight is 371 g/mol. The summed E-state index contributed by atoms with van der Waals surface area (Å²) in [7, 11) is 0. The van der Waals surface area contributed by atoms with E-state index < -0.39 is 0 Å². The van der Waals surface area contributed by atoms with Crippen molar-refractivity contribution in [2.24, 2.45) is 0 Å². The number of halogens is 2. The van der Waals surface area contributed by atoms with Crippen LogP contribution in [0, 0.1) is 0 Å². The fourth-order valence-corrected chi connectivity index (χ4v) is 3.81. The lowest BCUT2D eigenvalue weighted by molar-refractivity contribution is 0.102. The van der Waals surface area contributed by atoms with Crippen molar-refractivity contribution in [3.8, 4) is 0 Å².